The molecule has 0 unspecified atom stereocenters. The Morgan fingerprint density at radius 3 is 2.10 bits per heavy atom. The van der Waals surface area contributed by atoms with Crippen LogP contribution < -0.4 is 10.6 Å². The number of unbranched alkanes of at least 4 members (excludes halogenated alkanes) is 2. The Morgan fingerprint density at radius 2 is 1.60 bits per heavy atom. The van der Waals surface area contributed by atoms with E-state index in [1.165, 1.54) is 6.20 Å². The van der Waals surface area contributed by atoms with Gasteiger partial charge in [-0.15, -0.1) is 0 Å². The molecule has 1 aromatic rings. The molecule has 0 radical (unpaired) electrons. The van der Waals surface area contributed by atoms with E-state index >= 15 is 0 Å². The second-order valence-corrected chi connectivity index (χ2v) is 4.65. The molecule has 2 N–H and O–H groups in total. The fourth-order valence-corrected chi connectivity index (χ4v) is 1.61. The summed E-state index contributed by atoms with van der Waals surface area (Å²) in [6, 6.07) is 3.21. The maximum absolute atomic E-state index is 11.8. The molecule has 0 atom stereocenters. The molecule has 0 aromatic carbocycles. The van der Waals surface area contributed by atoms with E-state index in [0.717, 1.165) is 25.7 Å². The Balaban J connectivity index is 2.50. The van der Waals surface area contributed by atoms with E-state index in [9.17, 15) is 9.59 Å². The third-order valence-electron chi connectivity index (χ3n) is 2.89. The lowest BCUT2D eigenvalue weighted by molar-refractivity contribution is 0.0937. The van der Waals surface area contributed by atoms with E-state index in [-0.39, 0.29) is 11.8 Å². The van der Waals surface area contributed by atoms with Crippen molar-refractivity contribution < 1.29 is 9.59 Å². The minimum Gasteiger partial charge on any atom is -0.352 e. The average molecular weight is 277 g/mol. The molecule has 1 rings (SSSR count). The van der Waals surface area contributed by atoms with E-state index in [0.29, 0.717) is 24.3 Å². The van der Waals surface area contributed by atoms with Crippen LogP contribution in [-0.4, -0.2) is 29.9 Å². The standard InChI is InChI=1S/C15H23N3O2/c1-3-5-9-16-14(19)12-7-8-13(18-11-12)15(20)17-10-6-4-2/h7-8,11H,3-6,9-10H2,1-2H3,(H,16,19)(H,17,20). The van der Waals surface area contributed by atoms with Gasteiger partial charge in [0.15, 0.2) is 0 Å². The number of carbonyl (C=O) groups excluding carboxylic acids is 2. The SMILES string of the molecule is CCCCNC(=O)c1ccc(C(=O)NCCCC)nc1. The van der Waals surface area contributed by atoms with Gasteiger partial charge in [-0.1, -0.05) is 26.7 Å². The molecule has 5 heteroatoms. The molecule has 1 aromatic heterocycles. The second kappa shape index (κ2) is 9.07. The van der Waals surface area contributed by atoms with Crippen LogP contribution >= 0.6 is 0 Å². The number of pyridine rings is 1. The summed E-state index contributed by atoms with van der Waals surface area (Å²) in [4.78, 5) is 27.5. The summed E-state index contributed by atoms with van der Waals surface area (Å²) < 4.78 is 0. The predicted molar refractivity (Wildman–Crippen MR) is 78.7 cm³/mol. The van der Waals surface area contributed by atoms with Crippen molar-refractivity contribution in [1.29, 1.82) is 0 Å². The second-order valence-electron chi connectivity index (χ2n) is 4.65. The minimum absolute atomic E-state index is 0.149. The van der Waals surface area contributed by atoms with E-state index in [4.69, 9.17) is 0 Å². The molecule has 0 fully saturated rings. The predicted octanol–water partition coefficient (Wildman–Crippen LogP) is 2.14. The van der Waals surface area contributed by atoms with Crippen LogP contribution in [-0.2, 0) is 0 Å². The van der Waals surface area contributed by atoms with Crippen molar-refractivity contribution in [3.8, 4) is 0 Å². The largest absolute Gasteiger partial charge is 0.352 e. The topological polar surface area (TPSA) is 71.1 Å². The third kappa shape index (κ3) is 5.38. The lowest BCUT2D eigenvalue weighted by Crippen LogP contribution is -2.26. The smallest absolute Gasteiger partial charge is 0.269 e. The monoisotopic (exact) mass is 277 g/mol. The van der Waals surface area contributed by atoms with Crippen LogP contribution in [0.3, 0.4) is 0 Å². The molecule has 1 heterocycles. The molecule has 0 aliphatic heterocycles. The molecule has 0 aliphatic rings. The number of carbonyl (C=O) groups is 2. The molecule has 110 valence electrons. The molecule has 2 amide bonds. The maximum Gasteiger partial charge on any atom is 0.269 e. The van der Waals surface area contributed by atoms with Gasteiger partial charge < -0.3 is 10.6 Å². The summed E-state index contributed by atoms with van der Waals surface area (Å²) in [7, 11) is 0. The molecule has 0 aliphatic carbocycles. The molecule has 0 spiro atoms. The Labute approximate surface area is 120 Å². The zero-order chi connectivity index (χ0) is 14.8. The summed E-state index contributed by atoms with van der Waals surface area (Å²) in [5.41, 5.74) is 0.817. The van der Waals surface area contributed by atoms with Crippen molar-refractivity contribution >= 4 is 11.8 Å². The van der Waals surface area contributed by atoms with Crippen molar-refractivity contribution in [2.24, 2.45) is 0 Å². The van der Waals surface area contributed by atoms with Gasteiger partial charge in [-0.05, 0) is 25.0 Å². The van der Waals surface area contributed by atoms with Crippen LogP contribution in [0, 0.1) is 0 Å². The van der Waals surface area contributed by atoms with Crippen molar-refractivity contribution in [1.82, 2.24) is 15.6 Å². The van der Waals surface area contributed by atoms with Crippen LogP contribution in [0.15, 0.2) is 18.3 Å². The lowest BCUT2D eigenvalue weighted by Gasteiger charge is -2.06. The highest BCUT2D eigenvalue weighted by Crippen LogP contribution is 2.01. The fraction of sp³-hybridized carbons (Fsp3) is 0.533. The zero-order valence-corrected chi connectivity index (χ0v) is 12.2. The first-order valence-electron chi connectivity index (χ1n) is 7.21. The zero-order valence-electron chi connectivity index (χ0n) is 12.2. The van der Waals surface area contributed by atoms with Gasteiger partial charge in [0.05, 0.1) is 5.56 Å². The summed E-state index contributed by atoms with van der Waals surface area (Å²) in [5.74, 6) is -0.347. The van der Waals surface area contributed by atoms with Gasteiger partial charge in [-0.2, -0.15) is 0 Å². The quantitative estimate of drug-likeness (QED) is 0.715. The molecule has 5 nitrogen and oxygen atoms in total. The number of aromatic nitrogens is 1. The third-order valence-corrected chi connectivity index (χ3v) is 2.89. The first kappa shape index (κ1) is 16.1. The van der Waals surface area contributed by atoms with Crippen molar-refractivity contribution in [2.45, 2.75) is 39.5 Å². The summed E-state index contributed by atoms with van der Waals surface area (Å²) in [5, 5.41) is 5.60. The molecule has 0 bridgehead atoms. The summed E-state index contributed by atoms with van der Waals surface area (Å²) in [6.45, 7) is 5.45. The lowest BCUT2D eigenvalue weighted by atomic mass is 10.2. The highest BCUT2D eigenvalue weighted by Gasteiger charge is 2.09. The number of nitrogens with one attached hydrogen (secondary N) is 2. The van der Waals surface area contributed by atoms with Crippen molar-refractivity contribution in [3.63, 3.8) is 0 Å². The van der Waals surface area contributed by atoms with Crippen molar-refractivity contribution in [3.05, 3.63) is 29.6 Å². The Kier molecular flexibility index (Phi) is 7.32. The number of amides is 2. The van der Waals surface area contributed by atoms with E-state index < -0.39 is 0 Å². The van der Waals surface area contributed by atoms with Gasteiger partial charge >= 0.3 is 0 Å². The van der Waals surface area contributed by atoms with Crippen LogP contribution in [0.5, 0.6) is 0 Å². The van der Waals surface area contributed by atoms with Crippen LogP contribution in [0.1, 0.15) is 60.4 Å². The van der Waals surface area contributed by atoms with Gasteiger partial charge in [0.2, 0.25) is 0 Å². The van der Waals surface area contributed by atoms with Gasteiger partial charge in [-0.3, -0.25) is 14.6 Å². The maximum atomic E-state index is 11.8. The number of hydrogen-bond acceptors (Lipinski definition) is 3. The normalized spacial score (nSPS) is 10.1. The van der Waals surface area contributed by atoms with E-state index in [1.807, 2.05) is 0 Å². The molecule has 20 heavy (non-hydrogen) atoms. The van der Waals surface area contributed by atoms with Gasteiger partial charge in [-0.25, -0.2) is 0 Å². The van der Waals surface area contributed by atoms with E-state index in [2.05, 4.69) is 29.5 Å². The minimum atomic E-state index is -0.198. The number of rotatable bonds is 8. The molecule has 0 saturated heterocycles. The first-order valence-corrected chi connectivity index (χ1v) is 7.21. The van der Waals surface area contributed by atoms with Crippen LogP contribution in [0.25, 0.3) is 0 Å². The van der Waals surface area contributed by atoms with Crippen molar-refractivity contribution in [2.75, 3.05) is 13.1 Å². The fourth-order valence-electron chi connectivity index (χ4n) is 1.61. The molecular weight excluding hydrogens is 254 g/mol. The van der Waals surface area contributed by atoms with E-state index in [1.54, 1.807) is 12.1 Å². The Hall–Kier alpha value is -1.91. The molecule has 0 saturated carbocycles. The average Bonchev–Trinajstić information content (AvgIpc) is 2.47. The number of nitrogens with zero attached hydrogens (tertiary/aromatic N) is 1. The highest BCUT2D eigenvalue weighted by atomic mass is 16.2. The summed E-state index contributed by atoms with van der Waals surface area (Å²) in [6.07, 6.45) is 5.41. The van der Waals surface area contributed by atoms with Crippen LogP contribution in [0.2, 0.25) is 0 Å². The van der Waals surface area contributed by atoms with Crippen LogP contribution in [0.4, 0.5) is 0 Å². The Bertz CT molecular complexity index is 388. The molecular formula is C15H23N3O2. The highest BCUT2D eigenvalue weighted by molar-refractivity contribution is 5.96. The van der Waals surface area contributed by atoms with Gasteiger partial charge in [0.1, 0.15) is 5.69 Å². The van der Waals surface area contributed by atoms with Gasteiger partial charge in [0, 0.05) is 19.3 Å². The first-order chi connectivity index (χ1) is 9.69. The number of hydrogen-bond donors (Lipinski definition) is 2. The Morgan fingerprint density at radius 1 is 1.00 bits per heavy atom. The summed E-state index contributed by atoms with van der Waals surface area (Å²) >= 11 is 0. The van der Waals surface area contributed by atoms with Gasteiger partial charge in [0.25, 0.3) is 11.8 Å².